The molecule has 1 amide bonds. The third-order valence-corrected chi connectivity index (χ3v) is 8.49. The van der Waals surface area contributed by atoms with E-state index in [-0.39, 0.29) is 35.7 Å². The molecule has 0 atom stereocenters. The van der Waals surface area contributed by atoms with Gasteiger partial charge in [0.2, 0.25) is 5.91 Å². The Labute approximate surface area is 256 Å². The van der Waals surface area contributed by atoms with E-state index < -0.39 is 35.1 Å². The molecule has 238 valence electrons. The highest BCUT2D eigenvalue weighted by Crippen LogP contribution is 2.41. The number of ether oxygens (including phenoxy) is 1. The number of aromatic carboxylic acids is 1. The summed E-state index contributed by atoms with van der Waals surface area (Å²) in [6, 6.07) is 9.71. The lowest BCUT2D eigenvalue weighted by Gasteiger charge is -2.32. The predicted octanol–water partition coefficient (Wildman–Crippen LogP) is 7.43. The van der Waals surface area contributed by atoms with Gasteiger partial charge in [-0.05, 0) is 60.0 Å². The number of nitrogens with zero attached hydrogens (tertiary/aromatic N) is 4. The minimum atomic E-state index is -5.04. The lowest BCUT2D eigenvalue weighted by molar-refractivity contribution is -0.143. The molecule has 0 bridgehead atoms. The molecular formula is C30H26F6N4O4S. The third kappa shape index (κ3) is 6.82. The zero-order valence-corrected chi connectivity index (χ0v) is 24.5. The summed E-state index contributed by atoms with van der Waals surface area (Å²) >= 11 is 1.16. The van der Waals surface area contributed by atoms with E-state index in [1.807, 2.05) is 0 Å². The van der Waals surface area contributed by atoms with Crippen LogP contribution in [0.25, 0.3) is 16.4 Å². The number of thiophene rings is 1. The number of likely N-dealkylation sites (tertiary alicyclic amines) is 1. The van der Waals surface area contributed by atoms with Gasteiger partial charge < -0.3 is 14.7 Å². The van der Waals surface area contributed by atoms with E-state index in [2.05, 4.69) is 10.1 Å². The number of hydrogen-bond acceptors (Lipinski definition) is 6. The van der Waals surface area contributed by atoms with Crippen LogP contribution in [-0.4, -0.2) is 49.7 Å². The van der Waals surface area contributed by atoms with Crippen LogP contribution < -0.4 is 4.74 Å². The first-order chi connectivity index (χ1) is 21.3. The van der Waals surface area contributed by atoms with Gasteiger partial charge in [0, 0.05) is 25.1 Å². The molecule has 4 heterocycles. The highest BCUT2D eigenvalue weighted by molar-refractivity contribution is 7.13. The van der Waals surface area contributed by atoms with Gasteiger partial charge in [0.1, 0.15) is 17.9 Å². The Morgan fingerprint density at radius 2 is 1.78 bits per heavy atom. The zero-order chi connectivity index (χ0) is 32.5. The second-order valence-corrected chi connectivity index (χ2v) is 11.2. The SMILES string of the molecule is CCC(=O)N1CCC(c2ccc(OCc3ccsc3-c3cccc(-n4ncc(C(=O)O)c4C(F)(F)F)n3)c(C(F)(F)F)c2)CC1. The van der Waals surface area contributed by atoms with E-state index >= 15 is 0 Å². The molecule has 45 heavy (non-hydrogen) atoms. The van der Waals surface area contributed by atoms with Crippen LogP contribution in [0.2, 0.25) is 0 Å². The Balaban J connectivity index is 1.38. The van der Waals surface area contributed by atoms with Gasteiger partial charge in [-0.1, -0.05) is 19.1 Å². The van der Waals surface area contributed by atoms with Crippen molar-refractivity contribution >= 4 is 23.2 Å². The Kier molecular flexibility index (Phi) is 8.92. The number of halogens is 6. The number of pyridine rings is 1. The third-order valence-electron chi connectivity index (χ3n) is 7.51. The normalized spacial score (nSPS) is 14.5. The van der Waals surface area contributed by atoms with E-state index in [9.17, 15) is 41.0 Å². The van der Waals surface area contributed by atoms with Crippen LogP contribution >= 0.6 is 11.3 Å². The van der Waals surface area contributed by atoms with Crippen molar-refractivity contribution in [1.82, 2.24) is 19.7 Å². The summed E-state index contributed by atoms with van der Waals surface area (Å²) in [5, 5.41) is 14.4. The van der Waals surface area contributed by atoms with E-state index in [4.69, 9.17) is 4.74 Å². The Morgan fingerprint density at radius 3 is 2.42 bits per heavy atom. The number of aromatic nitrogens is 3. The molecule has 1 N–H and O–H groups in total. The van der Waals surface area contributed by atoms with E-state index in [1.54, 1.807) is 29.3 Å². The summed E-state index contributed by atoms with van der Waals surface area (Å²) in [6.45, 7) is 2.43. The molecule has 1 aliphatic rings. The van der Waals surface area contributed by atoms with Crippen LogP contribution in [0.15, 0.2) is 54.0 Å². The van der Waals surface area contributed by atoms with Crippen molar-refractivity contribution in [3.63, 3.8) is 0 Å². The van der Waals surface area contributed by atoms with Gasteiger partial charge >= 0.3 is 18.3 Å². The van der Waals surface area contributed by atoms with Crippen molar-refractivity contribution in [2.24, 2.45) is 0 Å². The average molecular weight is 653 g/mol. The second kappa shape index (κ2) is 12.5. The van der Waals surface area contributed by atoms with Crippen LogP contribution in [0, 0.1) is 0 Å². The molecule has 1 saturated heterocycles. The van der Waals surface area contributed by atoms with Crippen LogP contribution in [-0.2, 0) is 23.8 Å². The number of rotatable bonds is 8. The van der Waals surface area contributed by atoms with Crippen molar-refractivity contribution in [2.45, 2.75) is 51.1 Å². The number of carboxylic acids is 1. The van der Waals surface area contributed by atoms with Crippen LogP contribution in [0.5, 0.6) is 5.75 Å². The molecule has 4 aromatic rings. The van der Waals surface area contributed by atoms with Crippen molar-refractivity contribution in [3.8, 4) is 22.1 Å². The monoisotopic (exact) mass is 652 g/mol. The van der Waals surface area contributed by atoms with Gasteiger partial charge in [-0.2, -0.15) is 31.4 Å². The molecule has 0 aliphatic carbocycles. The van der Waals surface area contributed by atoms with Gasteiger partial charge in [0.25, 0.3) is 0 Å². The van der Waals surface area contributed by atoms with E-state index in [1.165, 1.54) is 24.3 Å². The minimum Gasteiger partial charge on any atom is -0.488 e. The summed E-state index contributed by atoms with van der Waals surface area (Å²) in [6.07, 6.45) is -7.68. The van der Waals surface area contributed by atoms with Crippen molar-refractivity contribution in [3.05, 3.63) is 82.0 Å². The molecular weight excluding hydrogens is 626 g/mol. The Morgan fingerprint density at radius 1 is 1.04 bits per heavy atom. The number of amides is 1. The fraction of sp³-hybridized carbons (Fsp3) is 0.333. The smallest absolute Gasteiger partial charge is 0.434 e. The minimum absolute atomic E-state index is 0.0164. The molecule has 0 spiro atoms. The van der Waals surface area contributed by atoms with Crippen LogP contribution in [0.3, 0.4) is 0 Å². The highest BCUT2D eigenvalue weighted by atomic mass is 32.1. The molecule has 15 heteroatoms. The topological polar surface area (TPSA) is 97.6 Å². The quantitative estimate of drug-likeness (QED) is 0.199. The second-order valence-electron chi connectivity index (χ2n) is 10.3. The molecule has 1 aliphatic heterocycles. The number of benzene rings is 1. The predicted molar refractivity (Wildman–Crippen MR) is 151 cm³/mol. The summed E-state index contributed by atoms with van der Waals surface area (Å²) in [5.74, 6) is -2.60. The number of hydrogen-bond donors (Lipinski definition) is 1. The highest BCUT2D eigenvalue weighted by Gasteiger charge is 2.41. The maximum atomic E-state index is 14.1. The summed E-state index contributed by atoms with van der Waals surface area (Å²) in [4.78, 5) is 29.7. The number of alkyl halides is 6. The summed E-state index contributed by atoms with van der Waals surface area (Å²) in [7, 11) is 0. The summed E-state index contributed by atoms with van der Waals surface area (Å²) < 4.78 is 89.6. The van der Waals surface area contributed by atoms with Crippen LogP contribution in [0.1, 0.15) is 64.8 Å². The van der Waals surface area contributed by atoms with Crippen molar-refractivity contribution < 1.29 is 45.8 Å². The molecule has 3 aromatic heterocycles. The maximum absolute atomic E-state index is 14.1. The van der Waals surface area contributed by atoms with Crippen LogP contribution in [0.4, 0.5) is 26.3 Å². The Bertz CT molecular complexity index is 1710. The molecule has 0 unspecified atom stereocenters. The van der Waals surface area contributed by atoms with Crippen molar-refractivity contribution in [2.75, 3.05) is 13.1 Å². The fourth-order valence-electron chi connectivity index (χ4n) is 5.28. The summed E-state index contributed by atoms with van der Waals surface area (Å²) in [5.41, 5.74) is -2.32. The molecule has 1 fully saturated rings. The first-order valence-corrected chi connectivity index (χ1v) is 14.7. The molecule has 5 rings (SSSR count). The average Bonchev–Trinajstić information content (AvgIpc) is 3.67. The van der Waals surface area contributed by atoms with E-state index in [0.717, 1.165) is 17.4 Å². The van der Waals surface area contributed by atoms with Gasteiger partial charge in [-0.25, -0.2) is 14.5 Å². The fourth-order valence-corrected chi connectivity index (χ4v) is 6.16. The van der Waals surface area contributed by atoms with Gasteiger partial charge in [-0.15, -0.1) is 11.3 Å². The number of piperidine rings is 1. The standard InChI is InChI=1S/C30H26F6N4O4S/c1-2-25(41)39-11-8-17(9-12-39)18-6-7-23(21(14-18)29(31,32)33)44-16-19-10-13-45-26(19)22-4-3-5-24(38-22)40-27(30(34,35)36)20(15-37-40)28(42)43/h3-7,10,13-15,17H,2,8-9,11-12,16H2,1H3,(H,42,43). The number of carbonyl (C=O) groups excluding carboxylic acids is 1. The first kappa shape index (κ1) is 32.0. The molecule has 8 nitrogen and oxygen atoms in total. The van der Waals surface area contributed by atoms with Gasteiger partial charge in [0.15, 0.2) is 11.5 Å². The zero-order valence-electron chi connectivity index (χ0n) is 23.7. The number of carboxylic acid groups (broad SMARTS) is 1. The molecule has 0 saturated carbocycles. The number of carbonyl (C=O) groups is 2. The van der Waals surface area contributed by atoms with Crippen molar-refractivity contribution in [1.29, 1.82) is 0 Å². The molecule has 0 radical (unpaired) electrons. The lowest BCUT2D eigenvalue weighted by atomic mass is 9.88. The van der Waals surface area contributed by atoms with E-state index in [0.29, 0.717) is 59.2 Å². The first-order valence-electron chi connectivity index (χ1n) is 13.8. The maximum Gasteiger partial charge on any atom is 0.434 e. The Hall–Kier alpha value is -4.40. The molecule has 1 aromatic carbocycles. The lowest BCUT2D eigenvalue weighted by Crippen LogP contribution is -2.37. The van der Waals surface area contributed by atoms with Gasteiger partial charge in [-0.3, -0.25) is 4.79 Å². The van der Waals surface area contributed by atoms with Gasteiger partial charge in [0.05, 0.1) is 22.3 Å². The largest absolute Gasteiger partial charge is 0.488 e.